The van der Waals surface area contributed by atoms with Gasteiger partial charge in [-0.15, -0.1) is 0 Å². The SMILES string of the molecule is CCOC(=O)c1cnc2ccc(NC(=O)CC)cc2c1N. The van der Waals surface area contributed by atoms with Crippen LogP contribution in [0.2, 0.25) is 0 Å². The molecule has 0 aliphatic carbocycles. The lowest BCUT2D eigenvalue weighted by molar-refractivity contribution is -0.115. The van der Waals surface area contributed by atoms with Crippen LogP contribution in [-0.2, 0) is 9.53 Å². The van der Waals surface area contributed by atoms with Crippen LogP contribution in [0.3, 0.4) is 0 Å². The van der Waals surface area contributed by atoms with Crippen LogP contribution in [0.25, 0.3) is 10.9 Å². The van der Waals surface area contributed by atoms with Crippen LogP contribution < -0.4 is 11.1 Å². The molecule has 0 fully saturated rings. The Balaban J connectivity index is 2.46. The summed E-state index contributed by atoms with van der Waals surface area (Å²) >= 11 is 0. The first-order valence-electron chi connectivity index (χ1n) is 6.72. The Morgan fingerprint density at radius 1 is 1.33 bits per heavy atom. The number of nitrogens with one attached hydrogen (secondary N) is 1. The van der Waals surface area contributed by atoms with Crippen LogP contribution in [-0.4, -0.2) is 23.5 Å². The second kappa shape index (κ2) is 6.21. The Morgan fingerprint density at radius 3 is 2.76 bits per heavy atom. The molecule has 1 aromatic carbocycles. The Kier molecular flexibility index (Phi) is 4.37. The van der Waals surface area contributed by atoms with E-state index < -0.39 is 5.97 Å². The van der Waals surface area contributed by atoms with Gasteiger partial charge in [-0.3, -0.25) is 9.78 Å². The number of nitrogens with two attached hydrogens (primary N) is 1. The van der Waals surface area contributed by atoms with Crippen LogP contribution in [0.5, 0.6) is 0 Å². The first-order valence-corrected chi connectivity index (χ1v) is 6.72. The highest BCUT2D eigenvalue weighted by atomic mass is 16.5. The summed E-state index contributed by atoms with van der Waals surface area (Å²) in [5.41, 5.74) is 7.81. The van der Waals surface area contributed by atoms with Gasteiger partial charge in [0.1, 0.15) is 5.56 Å². The van der Waals surface area contributed by atoms with E-state index in [-0.39, 0.29) is 18.1 Å². The smallest absolute Gasteiger partial charge is 0.341 e. The monoisotopic (exact) mass is 287 g/mol. The second-order valence-electron chi connectivity index (χ2n) is 4.44. The first-order chi connectivity index (χ1) is 10.1. The fourth-order valence-electron chi connectivity index (χ4n) is 1.91. The third-order valence-electron chi connectivity index (χ3n) is 3.01. The van der Waals surface area contributed by atoms with Crippen molar-refractivity contribution in [2.24, 2.45) is 0 Å². The molecule has 1 amide bonds. The maximum absolute atomic E-state index is 11.8. The lowest BCUT2D eigenvalue weighted by Crippen LogP contribution is -2.10. The van der Waals surface area contributed by atoms with Gasteiger partial charge >= 0.3 is 5.97 Å². The molecule has 0 aliphatic heterocycles. The molecule has 1 heterocycles. The molecule has 0 spiro atoms. The highest BCUT2D eigenvalue weighted by Gasteiger charge is 2.14. The maximum Gasteiger partial charge on any atom is 0.341 e. The summed E-state index contributed by atoms with van der Waals surface area (Å²) in [6.07, 6.45) is 1.79. The van der Waals surface area contributed by atoms with Crippen LogP contribution in [0.15, 0.2) is 24.4 Å². The van der Waals surface area contributed by atoms with E-state index in [2.05, 4.69) is 10.3 Å². The van der Waals surface area contributed by atoms with E-state index >= 15 is 0 Å². The minimum atomic E-state index is -0.507. The fraction of sp³-hybridized carbons (Fsp3) is 0.267. The number of amides is 1. The van der Waals surface area contributed by atoms with Gasteiger partial charge in [-0.1, -0.05) is 6.92 Å². The molecule has 1 aromatic heterocycles. The van der Waals surface area contributed by atoms with E-state index in [1.807, 2.05) is 0 Å². The lowest BCUT2D eigenvalue weighted by atomic mass is 10.1. The third kappa shape index (κ3) is 3.10. The summed E-state index contributed by atoms with van der Waals surface area (Å²) in [5, 5.41) is 3.35. The summed E-state index contributed by atoms with van der Waals surface area (Å²) in [4.78, 5) is 27.4. The zero-order valence-electron chi connectivity index (χ0n) is 12.0. The van der Waals surface area contributed by atoms with E-state index in [0.717, 1.165) is 0 Å². The number of ether oxygens (including phenoxy) is 1. The van der Waals surface area contributed by atoms with Gasteiger partial charge in [-0.2, -0.15) is 0 Å². The quantitative estimate of drug-likeness (QED) is 0.842. The lowest BCUT2D eigenvalue weighted by Gasteiger charge is -2.10. The van der Waals surface area contributed by atoms with Gasteiger partial charge in [0.05, 0.1) is 17.8 Å². The number of benzene rings is 1. The van der Waals surface area contributed by atoms with Crippen molar-refractivity contribution in [1.82, 2.24) is 4.98 Å². The van der Waals surface area contributed by atoms with Gasteiger partial charge in [-0.25, -0.2) is 4.79 Å². The number of pyridine rings is 1. The molecule has 0 aliphatic rings. The summed E-state index contributed by atoms with van der Waals surface area (Å²) < 4.78 is 4.94. The predicted molar refractivity (Wildman–Crippen MR) is 81.0 cm³/mol. The number of nitrogen functional groups attached to an aromatic ring is 1. The molecule has 21 heavy (non-hydrogen) atoms. The molecule has 110 valence electrons. The van der Waals surface area contributed by atoms with Gasteiger partial charge in [-0.05, 0) is 25.1 Å². The van der Waals surface area contributed by atoms with Crippen molar-refractivity contribution in [3.63, 3.8) is 0 Å². The number of fused-ring (bicyclic) bond motifs is 1. The Labute approximate surface area is 122 Å². The Bertz CT molecular complexity index is 698. The highest BCUT2D eigenvalue weighted by molar-refractivity contribution is 6.05. The number of hydrogen-bond donors (Lipinski definition) is 2. The largest absolute Gasteiger partial charge is 0.462 e. The average molecular weight is 287 g/mol. The fourth-order valence-corrected chi connectivity index (χ4v) is 1.91. The third-order valence-corrected chi connectivity index (χ3v) is 3.01. The zero-order valence-corrected chi connectivity index (χ0v) is 12.0. The summed E-state index contributed by atoms with van der Waals surface area (Å²) in [7, 11) is 0. The Hall–Kier alpha value is -2.63. The van der Waals surface area contributed by atoms with Crippen molar-refractivity contribution in [2.75, 3.05) is 17.7 Å². The molecule has 0 unspecified atom stereocenters. The number of carbonyl (C=O) groups excluding carboxylic acids is 2. The number of rotatable bonds is 4. The van der Waals surface area contributed by atoms with Crippen molar-refractivity contribution in [3.8, 4) is 0 Å². The van der Waals surface area contributed by atoms with E-state index in [9.17, 15) is 9.59 Å². The molecule has 0 saturated heterocycles. The molecule has 0 radical (unpaired) electrons. The summed E-state index contributed by atoms with van der Waals surface area (Å²) in [5.74, 6) is -0.602. The minimum absolute atomic E-state index is 0.0950. The standard InChI is InChI=1S/C15H17N3O3/c1-3-13(19)18-9-5-6-12-10(7-9)14(16)11(8-17-12)15(20)21-4-2/h5-8H,3-4H2,1-2H3,(H2,16,17)(H,18,19). The van der Waals surface area contributed by atoms with Crippen LogP contribution in [0.4, 0.5) is 11.4 Å². The van der Waals surface area contributed by atoms with Crippen molar-refractivity contribution < 1.29 is 14.3 Å². The number of hydrogen-bond acceptors (Lipinski definition) is 5. The van der Waals surface area contributed by atoms with Gasteiger partial charge in [0.15, 0.2) is 0 Å². The molecule has 3 N–H and O–H groups in total. The number of carbonyl (C=O) groups is 2. The number of aromatic nitrogens is 1. The minimum Gasteiger partial charge on any atom is -0.462 e. The number of nitrogens with zero attached hydrogens (tertiary/aromatic N) is 1. The predicted octanol–water partition coefficient (Wildman–Crippen LogP) is 2.34. The molecule has 0 atom stereocenters. The number of anilines is 2. The topological polar surface area (TPSA) is 94.3 Å². The van der Waals surface area contributed by atoms with Gasteiger partial charge < -0.3 is 15.8 Å². The van der Waals surface area contributed by atoms with E-state index in [4.69, 9.17) is 10.5 Å². The zero-order chi connectivity index (χ0) is 15.4. The second-order valence-corrected chi connectivity index (χ2v) is 4.44. The molecule has 0 bridgehead atoms. The van der Waals surface area contributed by atoms with Gasteiger partial charge in [0, 0.05) is 23.7 Å². The summed E-state index contributed by atoms with van der Waals surface area (Å²) in [6, 6.07) is 5.19. The molecular formula is C15H17N3O3. The molecule has 2 rings (SSSR count). The first kappa shape index (κ1) is 14.8. The van der Waals surface area contributed by atoms with E-state index in [1.54, 1.807) is 32.0 Å². The van der Waals surface area contributed by atoms with E-state index in [1.165, 1.54) is 6.20 Å². The molecule has 2 aromatic rings. The van der Waals surface area contributed by atoms with Crippen LogP contribution >= 0.6 is 0 Å². The van der Waals surface area contributed by atoms with Gasteiger partial charge in [0.2, 0.25) is 5.91 Å². The van der Waals surface area contributed by atoms with Crippen molar-refractivity contribution in [3.05, 3.63) is 30.0 Å². The number of esters is 1. The average Bonchev–Trinajstić information content (AvgIpc) is 2.48. The molecule has 6 nitrogen and oxygen atoms in total. The Morgan fingerprint density at radius 2 is 2.10 bits per heavy atom. The summed E-state index contributed by atoms with van der Waals surface area (Å²) in [6.45, 7) is 3.76. The van der Waals surface area contributed by atoms with Crippen molar-refractivity contribution >= 4 is 34.2 Å². The van der Waals surface area contributed by atoms with Crippen molar-refractivity contribution in [1.29, 1.82) is 0 Å². The normalized spacial score (nSPS) is 10.4. The van der Waals surface area contributed by atoms with Crippen LogP contribution in [0, 0.1) is 0 Å². The van der Waals surface area contributed by atoms with Crippen molar-refractivity contribution in [2.45, 2.75) is 20.3 Å². The molecule has 0 saturated carbocycles. The molecule has 6 heteroatoms. The van der Waals surface area contributed by atoms with Gasteiger partial charge in [0.25, 0.3) is 0 Å². The molecular weight excluding hydrogens is 270 g/mol. The van der Waals surface area contributed by atoms with E-state index in [0.29, 0.717) is 28.7 Å². The van der Waals surface area contributed by atoms with Crippen LogP contribution in [0.1, 0.15) is 30.6 Å². The highest BCUT2D eigenvalue weighted by Crippen LogP contribution is 2.26. The maximum atomic E-state index is 11.8.